The van der Waals surface area contributed by atoms with Crippen molar-refractivity contribution in [2.45, 2.75) is 82.0 Å². The van der Waals surface area contributed by atoms with Crippen molar-refractivity contribution >= 4 is 40.8 Å². The number of nitrogen functional groups attached to an aromatic ring is 1. The molecule has 0 aliphatic carbocycles. The van der Waals surface area contributed by atoms with Gasteiger partial charge in [-0.15, -0.1) is 0 Å². The van der Waals surface area contributed by atoms with E-state index in [2.05, 4.69) is 5.32 Å². The van der Waals surface area contributed by atoms with E-state index in [1.165, 1.54) is 6.07 Å². The van der Waals surface area contributed by atoms with E-state index in [1.54, 1.807) is 9.80 Å². The normalized spacial score (nSPS) is 21.5. The lowest BCUT2D eigenvalue weighted by Gasteiger charge is -2.42. The van der Waals surface area contributed by atoms with Crippen LogP contribution in [-0.2, 0) is 28.6 Å². The molecule has 1 atom stereocenters. The van der Waals surface area contributed by atoms with Crippen LogP contribution in [-0.4, -0.2) is 101 Å². The Labute approximate surface area is 299 Å². The summed E-state index contributed by atoms with van der Waals surface area (Å²) in [6, 6.07) is 9.66. The number of carbonyl (C=O) groups is 3. The molecule has 9 nitrogen and oxygen atoms in total. The Morgan fingerprint density at radius 3 is 2.22 bits per heavy atom. The fourth-order valence-corrected chi connectivity index (χ4v) is 8.23. The number of nitrogens with one attached hydrogen (secondary N) is 1. The second kappa shape index (κ2) is 15.1. The van der Waals surface area contributed by atoms with Gasteiger partial charge in [0.15, 0.2) is 0 Å². The highest BCUT2D eigenvalue weighted by Gasteiger charge is 2.40. The number of nitrogens with two attached hydrogens (primary N) is 1. The number of para-hydroxylation sites is 1. The standard InChI is InChI=1S/C36H44ClF5N6O3/c37-29-21-23(20-28(32(29)43)36(40,41)42)19-25(33(50)47-14-6-26(7-15-47)45-17-10-35(38,39)11-18-45)22-31(49)46-12-8-27(9-13-46)48-16-5-24-3-1-2-4-30(24)44-34(48)51/h1-4,20-21,25-27H,5-19,22,43H2,(H,44,51)/t25-/m0/s1. The minimum absolute atomic E-state index is 0.0530. The fraction of sp³-hybridized carbons (Fsp3) is 0.583. The first-order valence-corrected chi connectivity index (χ1v) is 18.1. The summed E-state index contributed by atoms with van der Waals surface area (Å²) < 4.78 is 68.9. The zero-order chi connectivity index (χ0) is 36.5. The predicted molar refractivity (Wildman–Crippen MR) is 184 cm³/mol. The molecule has 2 aromatic carbocycles. The largest absolute Gasteiger partial charge is 0.418 e. The summed E-state index contributed by atoms with van der Waals surface area (Å²) in [7, 11) is 0. The number of nitrogens with zero attached hydrogens (tertiary/aromatic N) is 4. The van der Waals surface area contributed by atoms with Crippen LogP contribution in [0.1, 0.15) is 61.6 Å². The second-order valence-electron chi connectivity index (χ2n) is 14.2. The van der Waals surface area contributed by atoms with Gasteiger partial charge in [0.25, 0.3) is 5.92 Å². The lowest BCUT2D eigenvalue weighted by molar-refractivity contribution is -0.143. The van der Waals surface area contributed by atoms with Gasteiger partial charge in [-0.25, -0.2) is 13.6 Å². The van der Waals surface area contributed by atoms with E-state index >= 15 is 0 Å². The number of hydrogen-bond donors (Lipinski definition) is 2. The lowest BCUT2D eigenvalue weighted by atomic mass is 9.91. The zero-order valence-corrected chi connectivity index (χ0v) is 29.1. The molecule has 0 radical (unpaired) electrons. The number of rotatable bonds is 7. The van der Waals surface area contributed by atoms with Gasteiger partial charge in [-0.2, -0.15) is 13.2 Å². The number of hydrogen-bond acceptors (Lipinski definition) is 5. The molecule has 4 heterocycles. The zero-order valence-electron chi connectivity index (χ0n) is 28.4. The van der Waals surface area contributed by atoms with E-state index in [-0.39, 0.29) is 79.3 Å². The van der Waals surface area contributed by atoms with Gasteiger partial charge in [-0.1, -0.05) is 29.8 Å². The van der Waals surface area contributed by atoms with Gasteiger partial charge in [0, 0.05) is 82.8 Å². The van der Waals surface area contributed by atoms with E-state index in [1.807, 2.05) is 34.1 Å². The highest BCUT2D eigenvalue weighted by atomic mass is 35.5. The fourth-order valence-electron chi connectivity index (χ4n) is 7.99. The van der Waals surface area contributed by atoms with Gasteiger partial charge in [0.05, 0.1) is 22.2 Å². The van der Waals surface area contributed by atoms with Gasteiger partial charge in [0.1, 0.15) is 0 Å². The molecular weight excluding hydrogens is 695 g/mol. The van der Waals surface area contributed by atoms with Crippen LogP contribution in [0.4, 0.5) is 38.1 Å². The quantitative estimate of drug-likeness (QED) is 0.257. The number of anilines is 2. The van der Waals surface area contributed by atoms with Crippen molar-refractivity contribution in [1.29, 1.82) is 0 Å². The van der Waals surface area contributed by atoms with E-state index in [0.29, 0.717) is 64.8 Å². The Bertz CT molecular complexity index is 1600. The summed E-state index contributed by atoms with van der Waals surface area (Å²) in [6.07, 6.45) is -2.58. The number of amides is 4. The third-order valence-corrected chi connectivity index (χ3v) is 11.3. The van der Waals surface area contributed by atoms with Crippen LogP contribution in [0.25, 0.3) is 0 Å². The number of alkyl halides is 5. The summed E-state index contributed by atoms with van der Waals surface area (Å²) in [6.45, 7) is 2.56. The highest BCUT2D eigenvalue weighted by molar-refractivity contribution is 6.33. The van der Waals surface area contributed by atoms with Crippen molar-refractivity contribution < 1.29 is 36.3 Å². The maximum absolute atomic E-state index is 14.1. The topological polar surface area (TPSA) is 102 Å². The molecule has 15 heteroatoms. The molecule has 0 aromatic heterocycles. The van der Waals surface area contributed by atoms with Gasteiger partial charge in [-0.05, 0) is 67.9 Å². The van der Waals surface area contributed by atoms with Gasteiger partial charge < -0.3 is 25.8 Å². The minimum atomic E-state index is -4.77. The Hall–Kier alpha value is -3.65. The lowest BCUT2D eigenvalue weighted by Crippen LogP contribution is -2.52. The maximum Gasteiger partial charge on any atom is 0.418 e. The van der Waals surface area contributed by atoms with E-state index in [0.717, 1.165) is 17.3 Å². The van der Waals surface area contributed by atoms with Crippen molar-refractivity contribution in [2.75, 3.05) is 56.9 Å². The molecule has 51 heavy (non-hydrogen) atoms. The molecule has 0 saturated carbocycles. The van der Waals surface area contributed by atoms with Gasteiger partial charge in [0.2, 0.25) is 11.8 Å². The third-order valence-electron chi connectivity index (χ3n) is 11.0. The summed E-state index contributed by atoms with van der Waals surface area (Å²) in [5.41, 5.74) is 5.94. The van der Waals surface area contributed by atoms with Crippen molar-refractivity contribution in [3.05, 3.63) is 58.1 Å². The number of piperidine rings is 3. The van der Waals surface area contributed by atoms with Crippen molar-refractivity contribution in [2.24, 2.45) is 5.92 Å². The molecule has 0 unspecified atom stereocenters. The molecule has 4 aliphatic heterocycles. The van der Waals surface area contributed by atoms with Crippen LogP contribution in [0, 0.1) is 5.92 Å². The summed E-state index contributed by atoms with van der Waals surface area (Å²) in [5, 5.41) is 2.70. The Morgan fingerprint density at radius 1 is 0.922 bits per heavy atom. The van der Waals surface area contributed by atoms with Crippen molar-refractivity contribution in [3.63, 3.8) is 0 Å². The predicted octanol–water partition coefficient (Wildman–Crippen LogP) is 6.29. The molecule has 3 N–H and O–H groups in total. The van der Waals surface area contributed by atoms with Crippen LogP contribution in [0.5, 0.6) is 0 Å². The second-order valence-corrected chi connectivity index (χ2v) is 14.6. The maximum atomic E-state index is 14.1. The number of benzene rings is 2. The number of likely N-dealkylation sites (tertiary alicyclic amines) is 3. The average Bonchev–Trinajstić information content (AvgIpc) is 3.26. The molecule has 0 bridgehead atoms. The Balaban J connectivity index is 1.12. The Morgan fingerprint density at radius 2 is 1.55 bits per heavy atom. The van der Waals surface area contributed by atoms with Crippen LogP contribution in [0.3, 0.4) is 0 Å². The van der Waals surface area contributed by atoms with Crippen molar-refractivity contribution in [1.82, 2.24) is 19.6 Å². The van der Waals surface area contributed by atoms with E-state index < -0.39 is 29.3 Å². The molecule has 3 saturated heterocycles. The Kier molecular flexibility index (Phi) is 11.0. The van der Waals surface area contributed by atoms with E-state index in [9.17, 15) is 36.3 Å². The molecule has 278 valence electrons. The first-order valence-electron chi connectivity index (χ1n) is 17.7. The van der Waals surface area contributed by atoms with Crippen LogP contribution < -0.4 is 11.1 Å². The van der Waals surface area contributed by atoms with Crippen LogP contribution in [0.2, 0.25) is 5.02 Å². The van der Waals surface area contributed by atoms with Crippen LogP contribution in [0.15, 0.2) is 36.4 Å². The smallest absolute Gasteiger partial charge is 0.397 e. The number of carbonyl (C=O) groups excluding carboxylic acids is 3. The monoisotopic (exact) mass is 738 g/mol. The number of fused-ring (bicyclic) bond motifs is 1. The summed E-state index contributed by atoms with van der Waals surface area (Å²) in [4.78, 5) is 48.1. The third kappa shape index (κ3) is 8.70. The molecule has 6 rings (SSSR count). The van der Waals surface area contributed by atoms with Crippen molar-refractivity contribution in [3.8, 4) is 0 Å². The molecule has 3 fully saturated rings. The average molecular weight is 739 g/mol. The van der Waals surface area contributed by atoms with Gasteiger partial charge in [-0.3, -0.25) is 14.5 Å². The van der Waals surface area contributed by atoms with Crippen LogP contribution >= 0.6 is 11.6 Å². The molecular formula is C36H44ClF5N6O3. The minimum Gasteiger partial charge on any atom is -0.397 e. The molecule has 4 aliphatic rings. The highest BCUT2D eigenvalue weighted by Crippen LogP contribution is 2.39. The number of urea groups is 1. The number of halogens is 6. The summed E-state index contributed by atoms with van der Waals surface area (Å²) >= 11 is 6.12. The molecule has 0 spiro atoms. The molecule has 2 aromatic rings. The van der Waals surface area contributed by atoms with E-state index in [4.69, 9.17) is 17.3 Å². The first-order chi connectivity index (χ1) is 24.2. The summed E-state index contributed by atoms with van der Waals surface area (Å²) in [5.74, 6) is -4.26. The molecule has 4 amide bonds. The SMILES string of the molecule is Nc1c(Cl)cc(C[C@@H](CC(=O)N2CCC(N3CCc4ccccc4NC3=O)CC2)C(=O)N2CCC(N3CCC(F)(F)CC3)CC2)cc1C(F)(F)F. The van der Waals surface area contributed by atoms with Gasteiger partial charge >= 0.3 is 12.2 Å². The first kappa shape index (κ1) is 37.1.